The highest BCUT2D eigenvalue weighted by Gasteiger charge is 2.05. The van der Waals surface area contributed by atoms with Crippen LogP contribution in [0.2, 0.25) is 0 Å². The molecule has 0 unspecified atom stereocenters. The van der Waals surface area contributed by atoms with Gasteiger partial charge in [-0.05, 0) is 43.3 Å². The molecule has 6 nitrogen and oxygen atoms in total. The van der Waals surface area contributed by atoms with Crippen molar-refractivity contribution in [3.8, 4) is 17.1 Å². The first-order chi connectivity index (χ1) is 14.7. The summed E-state index contributed by atoms with van der Waals surface area (Å²) in [6.45, 7) is 2.36. The summed E-state index contributed by atoms with van der Waals surface area (Å²) < 4.78 is 5.89. The number of anilines is 1. The van der Waals surface area contributed by atoms with E-state index in [9.17, 15) is 4.79 Å². The Balaban J connectivity index is 1.38. The van der Waals surface area contributed by atoms with Gasteiger partial charge in [0.15, 0.2) is 0 Å². The summed E-state index contributed by atoms with van der Waals surface area (Å²) in [5, 5.41) is 5.85. The van der Waals surface area contributed by atoms with Crippen LogP contribution < -0.4 is 10.1 Å². The summed E-state index contributed by atoms with van der Waals surface area (Å²) in [5.41, 5.74) is 3.39. The Morgan fingerprint density at radius 3 is 2.77 bits per heavy atom. The van der Waals surface area contributed by atoms with Crippen LogP contribution in [0.4, 0.5) is 5.69 Å². The third-order valence-electron chi connectivity index (χ3n) is 4.30. The average molecular weight is 417 g/mol. The lowest BCUT2D eigenvalue weighted by atomic mass is 10.2. The van der Waals surface area contributed by atoms with Crippen molar-refractivity contribution >= 4 is 29.0 Å². The number of thiazole rings is 1. The second-order valence-corrected chi connectivity index (χ2v) is 7.58. The molecular formula is C23H20N4O2S. The first kappa shape index (κ1) is 19.6. The molecule has 2 aromatic carbocycles. The maximum atomic E-state index is 12.3. The molecule has 0 spiro atoms. The molecule has 0 saturated heterocycles. The molecule has 2 heterocycles. The van der Waals surface area contributed by atoms with Gasteiger partial charge in [0.05, 0.1) is 10.7 Å². The highest BCUT2D eigenvalue weighted by atomic mass is 32.1. The van der Waals surface area contributed by atoms with Gasteiger partial charge in [0, 0.05) is 40.7 Å². The number of imidazole rings is 1. The van der Waals surface area contributed by atoms with Gasteiger partial charge >= 0.3 is 0 Å². The van der Waals surface area contributed by atoms with Crippen molar-refractivity contribution in [3.05, 3.63) is 88.6 Å². The van der Waals surface area contributed by atoms with Crippen LogP contribution >= 0.6 is 11.3 Å². The number of hydrogen-bond donors (Lipinski definition) is 2. The summed E-state index contributed by atoms with van der Waals surface area (Å²) in [7, 11) is 0. The molecule has 7 heteroatoms. The quantitative estimate of drug-likeness (QED) is 0.412. The number of rotatable bonds is 7. The first-order valence-corrected chi connectivity index (χ1v) is 10.3. The van der Waals surface area contributed by atoms with Crippen molar-refractivity contribution in [3.63, 3.8) is 0 Å². The van der Waals surface area contributed by atoms with Gasteiger partial charge in [-0.1, -0.05) is 18.2 Å². The molecule has 0 aliphatic heterocycles. The lowest BCUT2D eigenvalue weighted by Gasteiger charge is -2.08. The monoisotopic (exact) mass is 416 g/mol. The van der Waals surface area contributed by atoms with Crippen LogP contribution in [0.5, 0.6) is 5.75 Å². The van der Waals surface area contributed by atoms with Gasteiger partial charge in [0.25, 0.3) is 0 Å². The molecule has 0 bridgehead atoms. The molecule has 4 rings (SSSR count). The molecule has 0 aliphatic rings. The van der Waals surface area contributed by atoms with Gasteiger partial charge in [-0.3, -0.25) is 4.79 Å². The number of nitrogens with zero attached hydrogens (tertiary/aromatic N) is 2. The fraction of sp³-hybridized carbons (Fsp3) is 0.0870. The second-order valence-electron chi connectivity index (χ2n) is 6.52. The molecule has 1 amide bonds. The fourth-order valence-corrected chi connectivity index (χ4v) is 3.46. The lowest BCUT2D eigenvalue weighted by Crippen LogP contribution is -2.07. The summed E-state index contributed by atoms with van der Waals surface area (Å²) >= 11 is 1.60. The molecular weight excluding hydrogens is 396 g/mol. The molecule has 0 fully saturated rings. The summed E-state index contributed by atoms with van der Waals surface area (Å²) in [5.74, 6) is 1.28. The highest BCUT2D eigenvalue weighted by molar-refractivity contribution is 7.09. The predicted octanol–water partition coefficient (Wildman–Crippen LogP) is 5.07. The maximum Gasteiger partial charge on any atom is 0.248 e. The summed E-state index contributed by atoms with van der Waals surface area (Å²) in [6.07, 6.45) is 6.72. The fourth-order valence-electron chi connectivity index (χ4n) is 2.86. The number of carbonyl (C=O) groups is 1. The van der Waals surface area contributed by atoms with E-state index in [0.717, 1.165) is 27.7 Å². The number of carbonyl (C=O) groups excluding carboxylic acids is 1. The van der Waals surface area contributed by atoms with Crippen LogP contribution in [-0.2, 0) is 11.4 Å². The van der Waals surface area contributed by atoms with Crippen LogP contribution in [0.25, 0.3) is 17.5 Å². The van der Waals surface area contributed by atoms with Crippen molar-refractivity contribution in [1.82, 2.24) is 15.0 Å². The zero-order valence-corrected chi connectivity index (χ0v) is 17.1. The van der Waals surface area contributed by atoms with E-state index in [-0.39, 0.29) is 5.91 Å². The van der Waals surface area contributed by atoms with E-state index in [1.54, 1.807) is 29.8 Å². The molecule has 0 atom stereocenters. The summed E-state index contributed by atoms with van der Waals surface area (Å²) in [4.78, 5) is 24.0. The minimum atomic E-state index is -0.217. The number of nitrogens with one attached hydrogen (secondary N) is 2. The van der Waals surface area contributed by atoms with Gasteiger partial charge in [-0.2, -0.15) is 0 Å². The van der Waals surface area contributed by atoms with E-state index < -0.39 is 0 Å². The zero-order valence-electron chi connectivity index (χ0n) is 16.3. The van der Waals surface area contributed by atoms with Crippen LogP contribution in [0.3, 0.4) is 0 Å². The van der Waals surface area contributed by atoms with Crippen LogP contribution in [0, 0.1) is 6.92 Å². The van der Waals surface area contributed by atoms with Crippen LogP contribution in [-0.4, -0.2) is 20.9 Å². The van der Waals surface area contributed by atoms with E-state index in [0.29, 0.717) is 18.0 Å². The van der Waals surface area contributed by atoms with Gasteiger partial charge in [-0.15, -0.1) is 11.3 Å². The van der Waals surface area contributed by atoms with Crippen LogP contribution in [0.15, 0.2) is 72.4 Å². The largest absolute Gasteiger partial charge is 0.487 e. The number of ether oxygens (including phenoxy) is 1. The van der Waals surface area contributed by atoms with Gasteiger partial charge < -0.3 is 15.0 Å². The number of amides is 1. The number of aromatic nitrogens is 3. The smallest absolute Gasteiger partial charge is 0.248 e. The Morgan fingerprint density at radius 2 is 2.03 bits per heavy atom. The number of benzene rings is 2. The SMILES string of the molecule is Cc1nc(COc2ccccc2/C=C/C(=O)Nc2ccc(-c3ncc[nH]3)cc2)cs1. The van der Waals surface area contributed by atoms with E-state index in [1.807, 2.05) is 60.8 Å². The number of para-hydroxylation sites is 1. The normalized spacial score (nSPS) is 11.0. The standard InChI is InChI=1S/C23H20N4O2S/c1-16-26-20(15-30-16)14-29-21-5-3-2-4-17(21)8-11-22(28)27-19-9-6-18(7-10-19)23-24-12-13-25-23/h2-13,15H,14H2,1H3,(H,24,25)(H,27,28)/b11-8+. The Morgan fingerprint density at radius 1 is 1.20 bits per heavy atom. The van der Waals surface area contributed by atoms with Crippen molar-refractivity contribution < 1.29 is 9.53 Å². The molecule has 0 radical (unpaired) electrons. The van der Waals surface area contributed by atoms with E-state index in [1.165, 1.54) is 6.08 Å². The third kappa shape index (κ3) is 5.01. The lowest BCUT2D eigenvalue weighted by molar-refractivity contribution is -0.111. The maximum absolute atomic E-state index is 12.3. The third-order valence-corrected chi connectivity index (χ3v) is 5.12. The van der Waals surface area contributed by atoms with E-state index in [4.69, 9.17) is 4.74 Å². The number of aromatic amines is 1. The number of H-pyrrole nitrogens is 1. The van der Waals surface area contributed by atoms with E-state index >= 15 is 0 Å². The van der Waals surface area contributed by atoms with Gasteiger partial charge in [0.1, 0.15) is 18.2 Å². The average Bonchev–Trinajstić information content (AvgIpc) is 3.44. The second kappa shape index (κ2) is 9.19. The Labute approximate surface area is 178 Å². The van der Waals surface area contributed by atoms with E-state index in [2.05, 4.69) is 20.3 Å². The molecule has 30 heavy (non-hydrogen) atoms. The highest BCUT2D eigenvalue weighted by Crippen LogP contribution is 2.22. The molecule has 0 saturated carbocycles. The van der Waals surface area contributed by atoms with Crippen molar-refractivity contribution in [1.29, 1.82) is 0 Å². The molecule has 4 aromatic rings. The van der Waals surface area contributed by atoms with Crippen molar-refractivity contribution in [2.45, 2.75) is 13.5 Å². The van der Waals surface area contributed by atoms with Gasteiger partial charge in [0.2, 0.25) is 5.91 Å². The Bertz CT molecular complexity index is 1150. The minimum Gasteiger partial charge on any atom is -0.487 e. The summed E-state index contributed by atoms with van der Waals surface area (Å²) in [6, 6.07) is 15.1. The Kier molecular flexibility index (Phi) is 6.01. The molecule has 2 aromatic heterocycles. The van der Waals surface area contributed by atoms with Gasteiger partial charge in [-0.25, -0.2) is 9.97 Å². The molecule has 0 aliphatic carbocycles. The zero-order chi connectivity index (χ0) is 20.8. The first-order valence-electron chi connectivity index (χ1n) is 9.39. The predicted molar refractivity (Wildman–Crippen MR) is 119 cm³/mol. The minimum absolute atomic E-state index is 0.217. The Hall–Kier alpha value is -3.71. The number of hydrogen-bond acceptors (Lipinski definition) is 5. The molecule has 150 valence electrons. The van der Waals surface area contributed by atoms with Crippen LogP contribution in [0.1, 0.15) is 16.3 Å². The molecule has 2 N–H and O–H groups in total. The van der Waals surface area contributed by atoms with Crippen molar-refractivity contribution in [2.24, 2.45) is 0 Å². The number of aryl methyl sites for hydroxylation is 1. The van der Waals surface area contributed by atoms with Crippen molar-refractivity contribution in [2.75, 3.05) is 5.32 Å². The topological polar surface area (TPSA) is 79.9 Å².